The van der Waals surface area contributed by atoms with Crippen LogP contribution in [0.25, 0.3) is 0 Å². The average molecular weight is 307 g/mol. The molecule has 0 aliphatic carbocycles. The minimum atomic E-state index is -3.44. The van der Waals surface area contributed by atoms with E-state index in [-0.39, 0.29) is 0 Å². The van der Waals surface area contributed by atoms with Crippen molar-refractivity contribution in [2.75, 3.05) is 0 Å². The van der Waals surface area contributed by atoms with Gasteiger partial charge in [-0.15, -0.1) is 6.58 Å². The molecule has 4 heteroatoms. The Morgan fingerprint density at radius 3 is 2.20 bits per heavy atom. The van der Waals surface area contributed by atoms with Crippen molar-refractivity contribution in [3.05, 3.63) is 77.8 Å². The molecule has 2 rings (SSSR count). The van der Waals surface area contributed by atoms with Crippen LogP contribution in [0, 0.1) is 0 Å². The first-order valence-corrected chi connectivity index (χ1v) is 8.13. The lowest BCUT2D eigenvalue weighted by molar-refractivity contribution is 0.582. The molecular formula is C16H15ClO2S. The predicted octanol–water partition coefficient (Wildman–Crippen LogP) is 4.43. The normalized spacial score (nSPS) is 12.8. The molecule has 2 nitrogen and oxygen atoms in total. The zero-order valence-electron chi connectivity index (χ0n) is 10.9. The molecular weight excluding hydrogens is 292 g/mol. The highest BCUT2D eigenvalue weighted by molar-refractivity contribution is 7.91. The Hall–Kier alpha value is -1.58. The molecule has 2 aromatic carbocycles. The van der Waals surface area contributed by atoms with E-state index in [1.165, 1.54) is 0 Å². The van der Waals surface area contributed by atoms with Crippen molar-refractivity contribution < 1.29 is 8.42 Å². The van der Waals surface area contributed by atoms with Gasteiger partial charge >= 0.3 is 0 Å². The van der Waals surface area contributed by atoms with Crippen LogP contribution >= 0.6 is 11.6 Å². The summed E-state index contributed by atoms with van der Waals surface area (Å²) in [6, 6.07) is 15.4. The third-order valence-electron chi connectivity index (χ3n) is 3.07. The number of rotatable bonds is 5. The molecule has 0 bridgehead atoms. The molecule has 0 radical (unpaired) electrons. The molecule has 20 heavy (non-hydrogen) atoms. The quantitative estimate of drug-likeness (QED) is 0.766. The first-order chi connectivity index (χ1) is 9.55. The lowest BCUT2D eigenvalue weighted by atomic mass is 10.1. The smallest absolute Gasteiger partial charge is 0.185 e. The molecule has 104 valence electrons. The number of allylic oxidation sites excluding steroid dienone is 1. The van der Waals surface area contributed by atoms with Crippen molar-refractivity contribution >= 4 is 21.4 Å². The molecule has 1 unspecified atom stereocenters. The molecule has 0 aliphatic heterocycles. The summed E-state index contributed by atoms with van der Waals surface area (Å²) in [5, 5.41) is -0.0529. The highest BCUT2D eigenvalue weighted by Crippen LogP contribution is 2.32. The van der Waals surface area contributed by atoms with Crippen molar-refractivity contribution in [1.82, 2.24) is 0 Å². The van der Waals surface area contributed by atoms with Crippen LogP contribution in [0.5, 0.6) is 0 Å². The van der Waals surface area contributed by atoms with E-state index in [9.17, 15) is 8.42 Å². The minimum absolute atomic E-state index is 0.321. The third kappa shape index (κ3) is 3.11. The number of hydrogen-bond donors (Lipinski definition) is 0. The third-order valence-corrected chi connectivity index (χ3v) is 5.46. The van der Waals surface area contributed by atoms with Gasteiger partial charge in [0, 0.05) is 5.02 Å². The predicted molar refractivity (Wildman–Crippen MR) is 82.6 cm³/mol. The van der Waals surface area contributed by atoms with Crippen molar-refractivity contribution in [3.8, 4) is 0 Å². The molecule has 1 atom stereocenters. The summed E-state index contributed by atoms with van der Waals surface area (Å²) in [7, 11) is -3.44. The van der Waals surface area contributed by atoms with Gasteiger partial charge in [0.05, 0.1) is 10.1 Å². The van der Waals surface area contributed by atoms with Crippen LogP contribution in [-0.4, -0.2) is 8.42 Å². The minimum Gasteiger partial charge on any atom is -0.223 e. The number of hydrogen-bond acceptors (Lipinski definition) is 2. The number of sulfone groups is 1. The summed E-state index contributed by atoms with van der Waals surface area (Å²) >= 11 is 5.86. The van der Waals surface area contributed by atoms with Gasteiger partial charge in [0.2, 0.25) is 0 Å². The van der Waals surface area contributed by atoms with Gasteiger partial charge in [0.15, 0.2) is 9.84 Å². The van der Waals surface area contributed by atoms with E-state index in [1.54, 1.807) is 60.7 Å². The summed E-state index contributed by atoms with van der Waals surface area (Å²) in [6.07, 6.45) is 1.98. The van der Waals surface area contributed by atoms with Crippen LogP contribution in [0.4, 0.5) is 0 Å². The fourth-order valence-corrected chi connectivity index (χ4v) is 3.94. The van der Waals surface area contributed by atoms with E-state index in [0.29, 0.717) is 16.3 Å². The molecule has 0 aromatic heterocycles. The van der Waals surface area contributed by atoms with Crippen LogP contribution in [0.15, 0.2) is 72.1 Å². The first-order valence-electron chi connectivity index (χ1n) is 6.21. The lowest BCUT2D eigenvalue weighted by Crippen LogP contribution is -2.13. The summed E-state index contributed by atoms with van der Waals surface area (Å²) in [5.41, 5.74) is 0.721. The van der Waals surface area contributed by atoms with Crippen LogP contribution in [0.1, 0.15) is 17.2 Å². The van der Waals surface area contributed by atoms with E-state index < -0.39 is 15.1 Å². The van der Waals surface area contributed by atoms with Gasteiger partial charge in [-0.1, -0.05) is 48.0 Å². The first kappa shape index (κ1) is 14.8. The van der Waals surface area contributed by atoms with Gasteiger partial charge in [0.25, 0.3) is 0 Å². The second-order valence-corrected chi connectivity index (χ2v) is 6.99. The summed E-state index contributed by atoms with van der Waals surface area (Å²) in [6.45, 7) is 3.66. The Balaban J connectivity index is 2.48. The zero-order valence-corrected chi connectivity index (χ0v) is 12.4. The van der Waals surface area contributed by atoms with E-state index in [4.69, 9.17) is 11.6 Å². The molecule has 0 saturated heterocycles. The maximum atomic E-state index is 12.7. The van der Waals surface area contributed by atoms with Crippen molar-refractivity contribution in [2.24, 2.45) is 0 Å². The standard InChI is InChI=1S/C16H15ClO2S/c1-2-6-16(13-9-11-14(17)12-10-13)20(18,19)15-7-4-3-5-8-15/h2-5,7-12,16H,1,6H2. The highest BCUT2D eigenvalue weighted by atomic mass is 35.5. The second kappa shape index (κ2) is 6.25. The molecule has 0 N–H and O–H groups in total. The Bertz CT molecular complexity index is 676. The van der Waals surface area contributed by atoms with Crippen molar-refractivity contribution in [3.63, 3.8) is 0 Å². The maximum Gasteiger partial charge on any atom is 0.185 e. The Kier molecular flexibility index (Phi) is 4.63. The van der Waals surface area contributed by atoms with Crippen LogP contribution < -0.4 is 0 Å². The number of benzene rings is 2. The van der Waals surface area contributed by atoms with Crippen LogP contribution in [0.2, 0.25) is 5.02 Å². The highest BCUT2D eigenvalue weighted by Gasteiger charge is 2.27. The van der Waals surface area contributed by atoms with E-state index in [1.807, 2.05) is 0 Å². The fourth-order valence-electron chi connectivity index (χ4n) is 2.05. The SMILES string of the molecule is C=CCC(c1ccc(Cl)cc1)S(=O)(=O)c1ccccc1. The van der Waals surface area contributed by atoms with Gasteiger partial charge in [-0.2, -0.15) is 0 Å². The monoisotopic (exact) mass is 306 g/mol. The van der Waals surface area contributed by atoms with Crippen molar-refractivity contribution in [2.45, 2.75) is 16.6 Å². The molecule has 0 aliphatic rings. The summed E-state index contributed by atoms with van der Waals surface area (Å²) in [5.74, 6) is 0. The average Bonchev–Trinajstić information content (AvgIpc) is 2.47. The van der Waals surface area contributed by atoms with E-state index >= 15 is 0 Å². The second-order valence-electron chi connectivity index (χ2n) is 4.42. The van der Waals surface area contributed by atoms with Crippen molar-refractivity contribution in [1.29, 1.82) is 0 Å². The molecule has 0 heterocycles. The van der Waals surface area contributed by atoms with Gasteiger partial charge in [0.1, 0.15) is 0 Å². The summed E-state index contributed by atoms with van der Waals surface area (Å²) < 4.78 is 25.5. The van der Waals surface area contributed by atoms with E-state index in [2.05, 4.69) is 6.58 Å². The molecule has 0 spiro atoms. The molecule has 0 saturated carbocycles. The van der Waals surface area contributed by atoms with Crippen LogP contribution in [0.3, 0.4) is 0 Å². The van der Waals surface area contributed by atoms with Crippen LogP contribution in [-0.2, 0) is 9.84 Å². The zero-order chi connectivity index (χ0) is 14.6. The molecule has 0 amide bonds. The van der Waals surface area contributed by atoms with Gasteiger partial charge in [-0.05, 0) is 36.2 Å². The fraction of sp³-hybridized carbons (Fsp3) is 0.125. The molecule has 2 aromatic rings. The lowest BCUT2D eigenvalue weighted by Gasteiger charge is -2.17. The molecule has 0 fully saturated rings. The topological polar surface area (TPSA) is 34.1 Å². The van der Waals surface area contributed by atoms with Gasteiger partial charge in [-0.25, -0.2) is 8.42 Å². The maximum absolute atomic E-state index is 12.7. The Morgan fingerprint density at radius 1 is 1.05 bits per heavy atom. The Morgan fingerprint density at radius 2 is 1.65 bits per heavy atom. The van der Waals surface area contributed by atoms with Gasteiger partial charge < -0.3 is 0 Å². The van der Waals surface area contributed by atoms with E-state index in [0.717, 1.165) is 5.56 Å². The number of halogens is 1. The largest absolute Gasteiger partial charge is 0.223 e. The van der Waals surface area contributed by atoms with Gasteiger partial charge in [-0.3, -0.25) is 0 Å². The Labute approximate surface area is 124 Å². The summed E-state index contributed by atoms with van der Waals surface area (Å²) in [4.78, 5) is 0.321.